The third-order valence-electron chi connectivity index (χ3n) is 4.21. The molecule has 1 aromatic carbocycles. The van der Waals surface area contributed by atoms with Crippen LogP contribution in [-0.2, 0) is 4.79 Å². The number of hydrogen-bond acceptors (Lipinski definition) is 2. The lowest BCUT2D eigenvalue weighted by Gasteiger charge is -2.30. The molecule has 2 rings (SSSR count). The van der Waals surface area contributed by atoms with Crippen LogP contribution in [0.1, 0.15) is 45.1 Å². The van der Waals surface area contributed by atoms with Gasteiger partial charge in [0.2, 0.25) is 5.91 Å². The first-order valence-electron chi connectivity index (χ1n) is 7.60. The fraction of sp³-hybridized carbons (Fsp3) is 0.588. The maximum Gasteiger partial charge on any atom is 0.233 e. The van der Waals surface area contributed by atoms with Crippen LogP contribution < -0.4 is 5.32 Å². The SMILES string of the molecule is Cc1ccccc1SC(C)C(=O)NC1CCCCC1C. The van der Waals surface area contributed by atoms with Crippen LogP contribution in [0.25, 0.3) is 0 Å². The maximum absolute atomic E-state index is 12.3. The van der Waals surface area contributed by atoms with Crippen molar-refractivity contribution in [1.82, 2.24) is 5.32 Å². The number of rotatable bonds is 4. The summed E-state index contributed by atoms with van der Waals surface area (Å²) < 4.78 is 0. The number of carbonyl (C=O) groups excluding carboxylic acids is 1. The largest absolute Gasteiger partial charge is 0.352 e. The van der Waals surface area contributed by atoms with Gasteiger partial charge in [0.05, 0.1) is 5.25 Å². The molecule has 0 heterocycles. The summed E-state index contributed by atoms with van der Waals surface area (Å²) in [5, 5.41) is 3.21. The minimum atomic E-state index is -0.0368. The molecule has 2 nitrogen and oxygen atoms in total. The van der Waals surface area contributed by atoms with Crippen molar-refractivity contribution in [1.29, 1.82) is 0 Å². The Kier molecular flexibility index (Phi) is 5.53. The zero-order valence-electron chi connectivity index (χ0n) is 12.7. The van der Waals surface area contributed by atoms with E-state index in [0.717, 1.165) is 6.42 Å². The second-order valence-corrected chi connectivity index (χ2v) is 7.29. The van der Waals surface area contributed by atoms with Gasteiger partial charge in [-0.15, -0.1) is 11.8 Å². The van der Waals surface area contributed by atoms with Gasteiger partial charge < -0.3 is 5.32 Å². The number of amides is 1. The molecular weight excluding hydrogens is 266 g/mol. The normalized spacial score (nSPS) is 24.1. The molecule has 0 saturated heterocycles. The fourth-order valence-electron chi connectivity index (χ4n) is 2.76. The first kappa shape index (κ1) is 15.4. The Morgan fingerprint density at radius 3 is 2.70 bits per heavy atom. The summed E-state index contributed by atoms with van der Waals surface area (Å²) in [6, 6.07) is 8.62. The van der Waals surface area contributed by atoms with Gasteiger partial charge in [0.1, 0.15) is 0 Å². The topological polar surface area (TPSA) is 29.1 Å². The molecule has 3 unspecified atom stereocenters. The molecular formula is C17H25NOS. The highest BCUT2D eigenvalue weighted by molar-refractivity contribution is 8.00. The average Bonchev–Trinajstić information content (AvgIpc) is 2.43. The van der Waals surface area contributed by atoms with Crippen molar-refractivity contribution in [3.05, 3.63) is 29.8 Å². The van der Waals surface area contributed by atoms with Crippen molar-refractivity contribution in [2.45, 2.75) is 62.6 Å². The van der Waals surface area contributed by atoms with Crippen molar-refractivity contribution in [2.75, 3.05) is 0 Å². The molecule has 0 aromatic heterocycles. The Morgan fingerprint density at radius 1 is 1.30 bits per heavy atom. The summed E-state index contributed by atoms with van der Waals surface area (Å²) in [6.45, 7) is 6.35. The molecule has 1 aliphatic carbocycles. The number of benzene rings is 1. The lowest BCUT2D eigenvalue weighted by atomic mass is 9.86. The van der Waals surface area contributed by atoms with Crippen LogP contribution in [0, 0.1) is 12.8 Å². The fourth-order valence-corrected chi connectivity index (χ4v) is 3.73. The van der Waals surface area contributed by atoms with Gasteiger partial charge in [-0.1, -0.05) is 38.0 Å². The predicted molar refractivity (Wildman–Crippen MR) is 86.1 cm³/mol. The van der Waals surface area contributed by atoms with Crippen molar-refractivity contribution < 1.29 is 4.79 Å². The number of aryl methyl sites for hydroxylation is 1. The Labute approximate surface area is 126 Å². The van der Waals surface area contributed by atoms with E-state index in [-0.39, 0.29) is 11.2 Å². The van der Waals surface area contributed by atoms with Crippen molar-refractivity contribution >= 4 is 17.7 Å². The monoisotopic (exact) mass is 291 g/mol. The molecule has 3 atom stereocenters. The smallest absolute Gasteiger partial charge is 0.233 e. The molecule has 1 aliphatic rings. The second-order valence-electron chi connectivity index (χ2n) is 5.90. The van der Waals surface area contributed by atoms with E-state index in [9.17, 15) is 4.79 Å². The van der Waals surface area contributed by atoms with Crippen LogP contribution in [0.5, 0.6) is 0 Å². The van der Waals surface area contributed by atoms with Gasteiger partial charge in [-0.05, 0) is 44.2 Å². The number of carbonyl (C=O) groups is 1. The molecule has 0 spiro atoms. The van der Waals surface area contributed by atoms with Gasteiger partial charge in [-0.2, -0.15) is 0 Å². The van der Waals surface area contributed by atoms with E-state index in [0.29, 0.717) is 12.0 Å². The van der Waals surface area contributed by atoms with E-state index < -0.39 is 0 Å². The summed E-state index contributed by atoms with van der Waals surface area (Å²) in [5.41, 5.74) is 1.24. The summed E-state index contributed by atoms with van der Waals surface area (Å²) in [5.74, 6) is 0.792. The first-order valence-corrected chi connectivity index (χ1v) is 8.48. The highest BCUT2D eigenvalue weighted by Crippen LogP contribution is 2.28. The predicted octanol–water partition coefficient (Wildman–Crippen LogP) is 4.17. The molecule has 1 saturated carbocycles. The summed E-state index contributed by atoms with van der Waals surface area (Å²) in [4.78, 5) is 13.5. The molecule has 0 aliphatic heterocycles. The maximum atomic E-state index is 12.3. The average molecular weight is 291 g/mol. The van der Waals surface area contributed by atoms with Crippen LogP contribution in [0.2, 0.25) is 0 Å². The molecule has 1 N–H and O–H groups in total. The van der Waals surface area contributed by atoms with Gasteiger partial charge in [0.25, 0.3) is 0 Å². The van der Waals surface area contributed by atoms with E-state index in [1.165, 1.54) is 29.7 Å². The van der Waals surface area contributed by atoms with Crippen LogP contribution in [0.4, 0.5) is 0 Å². The Morgan fingerprint density at radius 2 is 2.00 bits per heavy atom. The molecule has 0 bridgehead atoms. The summed E-state index contributed by atoms with van der Waals surface area (Å²) >= 11 is 1.66. The van der Waals surface area contributed by atoms with Crippen LogP contribution in [0.15, 0.2) is 29.2 Å². The number of hydrogen-bond donors (Lipinski definition) is 1. The Hall–Kier alpha value is -0.960. The highest BCUT2D eigenvalue weighted by atomic mass is 32.2. The van der Waals surface area contributed by atoms with Gasteiger partial charge in [-0.25, -0.2) is 0 Å². The summed E-state index contributed by atoms with van der Waals surface area (Å²) in [6.07, 6.45) is 4.93. The quantitative estimate of drug-likeness (QED) is 0.844. The van der Waals surface area contributed by atoms with Crippen LogP contribution in [-0.4, -0.2) is 17.2 Å². The first-order chi connectivity index (χ1) is 9.58. The Balaban J connectivity index is 1.90. The van der Waals surface area contributed by atoms with Crippen LogP contribution >= 0.6 is 11.8 Å². The van der Waals surface area contributed by atoms with Gasteiger partial charge in [-0.3, -0.25) is 4.79 Å². The molecule has 0 radical (unpaired) electrons. The van der Waals surface area contributed by atoms with E-state index in [2.05, 4.69) is 31.3 Å². The van der Waals surface area contributed by atoms with Crippen molar-refractivity contribution in [2.24, 2.45) is 5.92 Å². The lowest BCUT2D eigenvalue weighted by molar-refractivity contribution is -0.121. The minimum Gasteiger partial charge on any atom is -0.352 e. The van der Waals surface area contributed by atoms with E-state index >= 15 is 0 Å². The molecule has 1 amide bonds. The highest BCUT2D eigenvalue weighted by Gasteiger charge is 2.25. The lowest BCUT2D eigenvalue weighted by Crippen LogP contribution is -2.44. The number of thioether (sulfide) groups is 1. The second kappa shape index (κ2) is 7.16. The molecule has 3 heteroatoms. The Bertz CT molecular complexity index is 460. The molecule has 110 valence electrons. The van der Waals surface area contributed by atoms with Gasteiger partial charge >= 0.3 is 0 Å². The molecule has 1 fully saturated rings. The van der Waals surface area contributed by atoms with E-state index in [1.54, 1.807) is 11.8 Å². The van der Waals surface area contributed by atoms with Gasteiger partial charge in [0.15, 0.2) is 0 Å². The van der Waals surface area contributed by atoms with Crippen LogP contribution in [0.3, 0.4) is 0 Å². The zero-order chi connectivity index (χ0) is 14.5. The van der Waals surface area contributed by atoms with Gasteiger partial charge in [0, 0.05) is 10.9 Å². The molecule has 20 heavy (non-hydrogen) atoms. The standard InChI is InChI=1S/C17H25NOS/c1-12-8-4-6-10-15(12)18-17(19)14(3)20-16-11-7-5-9-13(16)2/h5,7,9,11-12,14-15H,4,6,8,10H2,1-3H3,(H,18,19). The number of nitrogens with one attached hydrogen (secondary N) is 1. The van der Waals surface area contributed by atoms with E-state index in [1.807, 2.05) is 19.1 Å². The van der Waals surface area contributed by atoms with Crippen molar-refractivity contribution in [3.8, 4) is 0 Å². The third kappa shape index (κ3) is 4.02. The zero-order valence-corrected chi connectivity index (χ0v) is 13.5. The van der Waals surface area contributed by atoms with E-state index in [4.69, 9.17) is 0 Å². The molecule has 1 aromatic rings. The summed E-state index contributed by atoms with van der Waals surface area (Å²) in [7, 11) is 0. The van der Waals surface area contributed by atoms with Crippen molar-refractivity contribution in [3.63, 3.8) is 0 Å². The third-order valence-corrected chi connectivity index (χ3v) is 5.49. The minimum absolute atomic E-state index is 0.0368.